The number of carbonyl (C=O) groups excluding carboxylic acids is 2. The van der Waals surface area contributed by atoms with Crippen molar-refractivity contribution in [2.75, 3.05) is 47.5 Å². The topological polar surface area (TPSA) is 108 Å². The normalized spacial score (nSPS) is 13.3. The lowest BCUT2D eigenvalue weighted by Crippen LogP contribution is -2.37. The van der Waals surface area contributed by atoms with E-state index in [1.165, 1.54) is 205 Å². The number of rotatable bonds is 50. The van der Waals surface area contributed by atoms with Crippen LogP contribution in [0.4, 0.5) is 0 Å². The van der Waals surface area contributed by atoms with Gasteiger partial charge in [0.2, 0.25) is 0 Å². The fourth-order valence-corrected chi connectivity index (χ4v) is 8.70. The predicted octanol–water partition coefficient (Wildman–Crippen LogP) is 15.9. The molecule has 0 bridgehead atoms. The molecule has 1 N–H and O–H groups in total. The molecule has 0 aliphatic heterocycles. The fraction of sp³-hybridized carbons (Fsp3) is 0.962. The van der Waals surface area contributed by atoms with E-state index in [-0.39, 0.29) is 25.6 Å². The van der Waals surface area contributed by atoms with Crippen LogP contribution in [0.1, 0.15) is 271 Å². The minimum Gasteiger partial charge on any atom is -0.462 e. The van der Waals surface area contributed by atoms with Crippen LogP contribution in [0.5, 0.6) is 0 Å². The molecule has 0 amide bonds. The number of unbranched alkanes of at least 4 members (excludes halogenated alkanes) is 36. The molecule has 10 heteroatoms. The van der Waals surface area contributed by atoms with Crippen molar-refractivity contribution in [2.45, 2.75) is 277 Å². The lowest BCUT2D eigenvalue weighted by Gasteiger charge is -2.24. The number of esters is 2. The zero-order valence-corrected chi connectivity index (χ0v) is 42.8. The van der Waals surface area contributed by atoms with Crippen molar-refractivity contribution < 1.29 is 42.1 Å². The van der Waals surface area contributed by atoms with Crippen molar-refractivity contribution in [3.8, 4) is 0 Å². The van der Waals surface area contributed by atoms with Crippen LogP contribution in [0.3, 0.4) is 0 Å². The largest absolute Gasteiger partial charge is 0.472 e. The lowest BCUT2D eigenvalue weighted by atomic mass is 10.0. The first-order chi connectivity index (χ1) is 30.0. The number of nitrogens with zero attached hydrogens (tertiary/aromatic N) is 1. The van der Waals surface area contributed by atoms with Crippen molar-refractivity contribution >= 4 is 19.8 Å². The molecule has 0 aromatic carbocycles. The Morgan fingerprint density at radius 3 is 1.03 bits per heavy atom. The molecular formula is C52H105NO8P+. The van der Waals surface area contributed by atoms with Gasteiger partial charge in [0.15, 0.2) is 6.10 Å². The number of quaternary nitrogens is 1. The second-order valence-corrected chi connectivity index (χ2v) is 21.1. The third kappa shape index (κ3) is 48.5. The zero-order chi connectivity index (χ0) is 45.7. The molecule has 0 saturated heterocycles. The standard InChI is InChI=1S/C52H104NO8P/c1-6-8-10-12-14-16-18-20-22-23-24-25-26-27-28-29-31-33-35-37-39-41-43-45-52(55)61-50(49-60-62(56,57)59-47-46-53(3,4)5)48-58-51(54)44-42-40-38-36-34-32-30-21-19-17-15-13-11-9-7-2/h50H,6-49H2,1-5H3/p+1. The van der Waals surface area contributed by atoms with Crippen molar-refractivity contribution in [1.29, 1.82) is 0 Å². The quantitative estimate of drug-likeness (QED) is 0.0278. The van der Waals surface area contributed by atoms with E-state index in [4.69, 9.17) is 18.5 Å². The van der Waals surface area contributed by atoms with Gasteiger partial charge in [0.25, 0.3) is 0 Å². The summed E-state index contributed by atoms with van der Waals surface area (Å²) in [5.41, 5.74) is 0. The van der Waals surface area contributed by atoms with E-state index in [2.05, 4.69) is 13.8 Å². The lowest BCUT2D eigenvalue weighted by molar-refractivity contribution is -0.870. The van der Waals surface area contributed by atoms with E-state index < -0.39 is 26.5 Å². The maximum Gasteiger partial charge on any atom is 0.472 e. The average Bonchev–Trinajstić information content (AvgIpc) is 3.23. The van der Waals surface area contributed by atoms with Gasteiger partial charge >= 0.3 is 19.8 Å². The Kier molecular flexibility index (Phi) is 44.5. The average molecular weight is 903 g/mol. The molecule has 0 heterocycles. The summed E-state index contributed by atoms with van der Waals surface area (Å²) in [5.74, 6) is -0.777. The van der Waals surface area contributed by atoms with Crippen LogP contribution < -0.4 is 0 Å². The van der Waals surface area contributed by atoms with Crippen molar-refractivity contribution in [2.24, 2.45) is 0 Å². The zero-order valence-electron chi connectivity index (χ0n) is 41.9. The second kappa shape index (κ2) is 45.2. The molecule has 0 aliphatic carbocycles. The summed E-state index contributed by atoms with van der Waals surface area (Å²) in [6, 6.07) is 0. The molecule has 0 aromatic heterocycles. The SMILES string of the molecule is CCCCCCCCCCCCCCCCCCCCCCCCCC(=O)OC(COC(=O)CCCCCCCCCCCCCCCCC)COP(=O)(O)OCC[N+](C)(C)C. The first-order valence-corrected chi connectivity index (χ1v) is 28.3. The maximum absolute atomic E-state index is 12.8. The molecule has 0 radical (unpaired) electrons. The highest BCUT2D eigenvalue weighted by molar-refractivity contribution is 7.47. The van der Waals surface area contributed by atoms with Gasteiger partial charge in [-0.25, -0.2) is 4.57 Å². The highest BCUT2D eigenvalue weighted by Gasteiger charge is 2.27. The van der Waals surface area contributed by atoms with E-state index in [1.54, 1.807) is 0 Å². The number of ether oxygens (including phenoxy) is 2. The maximum atomic E-state index is 12.8. The Balaban J connectivity index is 4.14. The van der Waals surface area contributed by atoms with Crippen molar-refractivity contribution in [3.63, 3.8) is 0 Å². The number of likely N-dealkylation sites (N-methyl/N-ethyl adjacent to an activating group) is 1. The summed E-state index contributed by atoms with van der Waals surface area (Å²) < 4.78 is 34.5. The van der Waals surface area contributed by atoms with Crippen molar-refractivity contribution in [1.82, 2.24) is 0 Å². The Labute approximate surface area is 384 Å². The van der Waals surface area contributed by atoms with Crippen LogP contribution in [-0.4, -0.2) is 74.9 Å². The van der Waals surface area contributed by atoms with E-state index in [0.717, 1.165) is 38.5 Å². The van der Waals surface area contributed by atoms with Crippen LogP contribution in [0, 0.1) is 0 Å². The summed E-state index contributed by atoms with van der Waals surface area (Å²) in [5, 5.41) is 0. The molecule has 9 nitrogen and oxygen atoms in total. The van der Waals surface area contributed by atoms with Gasteiger partial charge in [0.1, 0.15) is 19.8 Å². The van der Waals surface area contributed by atoms with Crippen LogP contribution in [0.25, 0.3) is 0 Å². The fourth-order valence-electron chi connectivity index (χ4n) is 7.96. The van der Waals surface area contributed by atoms with E-state index in [1.807, 2.05) is 21.1 Å². The summed E-state index contributed by atoms with van der Waals surface area (Å²) in [6.07, 6.45) is 48.7. The monoisotopic (exact) mass is 903 g/mol. The molecule has 0 saturated carbocycles. The Hall–Kier alpha value is -0.990. The minimum atomic E-state index is -4.37. The van der Waals surface area contributed by atoms with Gasteiger partial charge in [-0.3, -0.25) is 18.6 Å². The first kappa shape index (κ1) is 61.0. The Morgan fingerprint density at radius 1 is 0.435 bits per heavy atom. The van der Waals surface area contributed by atoms with E-state index in [0.29, 0.717) is 17.4 Å². The molecule has 370 valence electrons. The smallest absolute Gasteiger partial charge is 0.462 e. The van der Waals surface area contributed by atoms with Gasteiger partial charge in [0.05, 0.1) is 27.7 Å². The highest BCUT2D eigenvalue weighted by atomic mass is 31.2. The molecule has 62 heavy (non-hydrogen) atoms. The molecule has 0 rings (SSSR count). The summed E-state index contributed by atoms with van der Waals surface area (Å²) in [4.78, 5) is 35.5. The number of hydrogen-bond donors (Lipinski definition) is 1. The number of carbonyl (C=O) groups is 2. The van der Waals surface area contributed by atoms with E-state index in [9.17, 15) is 19.0 Å². The third-order valence-electron chi connectivity index (χ3n) is 12.1. The first-order valence-electron chi connectivity index (χ1n) is 26.8. The molecule has 0 spiro atoms. The number of phosphoric ester groups is 1. The van der Waals surface area contributed by atoms with Crippen LogP contribution >= 0.6 is 7.82 Å². The Bertz CT molecular complexity index is 1020. The number of hydrogen-bond acceptors (Lipinski definition) is 7. The predicted molar refractivity (Wildman–Crippen MR) is 261 cm³/mol. The van der Waals surface area contributed by atoms with Crippen LogP contribution in [0.15, 0.2) is 0 Å². The van der Waals surface area contributed by atoms with Gasteiger partial charge in [0, 0.05) is 12.8 Å². The van der Waals surface area contributed by atoms with Gasteiger partial charge in [-0.1, -0.05) is 245 Å². The molecule has 2 unspecified atom stereocenters. The van der Waals surface area contributed by atoms with Gasteiger partial charge < -0.3 is 18.9 Å². The highest BCUT2D eigenvalue weighted by Crippen LogP contribution is 2.43. The Morgan fingerprint density at radius 2 is 0.726 bits per heavy atom. The second-order valence-electron chi connectivity index (χ2n) is 19.6. The van der Waals surface area contributed by atoms with Crippen LogP contribution in [0.2, 0.25) is 0 Å². The van der Waals surface area contributed by atoms with Crippen LogP contribution in [-0.2, 0) is 32.7 Å². The van der Waals surface area contributed by atoms with Gasteiger partial charge in [-0.2, -0.15) is 0 Å². The van der Waals surface area contributed by atoms with Gasteiger partial charge in [-0.05, 0) is 12.8 Å². The molecule has 0 fully saturated rings. The summed E-state index contributed by atoms with van der Waals surface area (Å²) >= 11 is 0. The molecule has 0 aliphatic rings. The third-order valence-corrected chi connectivity index (χ3v) is 13.1. The minimum absolute atomic E-state index is 0.0372. The molecular weight excluding hydrogens is 798 g/mol. The van der Waals surface area contributed by atoms with E-state index >= 15 is 0 Å². The summed E-state index contributed by atoms with van der Waals surface area (Å²) in [6.45, 7) is 4.49. The number of phosphoric acid groups is 1. The molecule has 0 aromatic rings. The summed E-state index contributed by atoms with van der Waals surface area (Å²) in [7, 11) is 1.50. The van der Waals surface area contributed by atoms with Crippen molar-refractivity contribution in [3.05, 3.63) is 0 Å². The molecule has 2 atom stereocenters. The van der Waals surface area contributed by atoms with Gasteiger partial charge in [-0.15, -0.1) is 0 Å².